The number of tetrazole rings is 1. The molecule has 2 aliphatic heterocycles. The van der Waals surface area contributed by atoms with E-state index in [1.165, 1.54) is 44.4 Å². The molecular formula is C17H18N8O5S3. The maximum atomic E-state index is 12.9. The summed E-state index contributed by atoms with van der Waals surface area (Å²) in [7, 11) is 1.67. The average molecular weight is 511 g/mol. The number of β-lactam (4-membered cyclic amide) rings is 1. The molecule has 0 aliphatic carbocycles. The van der Waals surface area contributed by atoms with Crippen molar-refractivity contribution >= 4 is 58.7 Å². The van der Waals surface area contributed by atoms with E-state index in [9.17, 15) is 24.3 Å². The van der Waals surface area contributed by atoms with Crippen molar-refractivity contribution in [1.82, 2.24) is 35.7 Å². The van der Waals surface area contributed by atoms with Crippen molar-refractivity contribution in [3.63, 3.8) is 0 Å². The standard InChI is InChI=1S/C17H18N8O5S3/c1-24-17(21-22-23-24)33-6-7-5-32-14-10(13(27)25(14)11(7)15(28)29)19-12(26)9(20-16(18)30)8-3-2-4-31-8/h2-4,9-10,14H,5-6H2,1H3,(H,19,26)(H,28,29)(H3,18,20,30)/t9?,10-,14?/m0/s1. The van der Waals surface area contributed by atoms with E-state index in [1.54, 1.807) is 24.6 Å². The number of hydrogen-bond acceptors (Lipinski definition) is 10. The molecule has 2 aliphatic rings. The van der Waals surface area contributed by atoms with Gasteiger partial charge in [-0.2, -0.15) is 0 Å². The van der Waals surface area contributed by atoms with Gasteiger partial charge in [0.2, 0.25) is 11.1 Å². The Hall–Kier alpha value is -3.11. The highest BCUT2D eigenvalue weighted by Gasteiger charge is 2.54. The van der Waals surface area contributed by atoms with Crippen LogP contribution in [0.25, 0.3) is 0 Å². The molecule has 1 saturated heterocycles. The lowest BCUT2D eigenvalue weighted by Crippen LogP contribution is -2.71. The van der Waals surface area contributed by atoms with Crippen molar-refractivity contribution in [3.05, 3.63) is 33.7 Å². The van der Waals surface area contributed by atoms with E-state index >= 15 is 0 Å². The molecule has 0 spiro atoms. The maximum Gasteiger partial charge on any atom is 0.352 e. The largest absolute Gasteiger partial charge is 0.477 e. The summed E-state index contributed by atoms with van der Waals surface area (Å²) >= 11 is 3.86. The number of aryl methyl sites for hydroxylation is 1. The molecule has 2 aromatic heterocycles. The first kappa shape index (κ1) is 23.1. The number of aliphatic carboxylic acids is 1. The van der Waals surface area contributed by atoms with Gasteiger partial charge in [-0.25, -0.2) is 14.3 Å². The molecule has 0 radical (unpaired) electrons. The van der Waals surface area contributed by atoms with E-state index in [0.29, 0.717) is 27.1 Å². The van der Waals surface area contributed by atoms with Gasteiger partial charge in [0.1, 0.15) is 23.2 Å². The zero-order valence-electron chi connectivity index (χ0n) is 17.0. The Bertz CT molecular complexity index is 1130. The Labute approximate surface area is 199 Å². The fourth-order valence-electron chi connectivity index (χ4n) is 3.39. The molecule has 2 unspecified atom stereocenters. The molecule has 3 atom stereocenters. The lowest BCUT2D eigenvalue weighted by Gasteiger charge is -2.49. The number of carbonyl (C=O) groups excluding carboxylic acids is 3. The second kappa shape index (κ2) is 9.40. The molecule has 4 amide bonds. The lowest BCUT2D eigenvalue weighted by molar-refractivity contribution is -0.150. The van der Waals surface area contributed by atoms with Crippen molar-refractivity contribution in [2.45, 2.75) is 22.6 Å². The van der Waals surface area contributed by atoms with Gasteiger partial charge in [0, 0.05) is 23.4 Å². The summed E-state index contributed by atoms with van der Waals surface area (Å²) < 4.78 is 1.47. The number of primary amides is 1. The molecule has 0 saturated carbocycles. The Morgan fingerprint density at radius 3 is 2.82 bits per heavy atom. The molecule has 16 heteroatoms. The number of nitrogens with two attached hydrogens (primary N) is 1. The quantitative estimate of drug-likeness (QED) is 0.267. The van der Waals surface area contributed by atoms with E-state index in [4.69, 9.17) is 5.73 Å². The molecule has 2 aromatic rings. The Morgan fingerprint density at radius 1 is 1.42 bits per heavy atom. The van der Waals surface area contributed by atoms with Crippen LogP contribution in [0, 0.1) is 0 Å². The number of nitrogens with one attached hydrogen (secondary N) is 2. The topological polar surface area (TPSA) is 185 Å². The number of thioether (sulfide) groups is 2. The maximum absolute atomic E-state index is 12.9. The third kappa shape index (κ3) is 4.53. The van der Waals surface area contributed by atoms with Crippen LogP contribution in [0.1, 0.15) is 10.9 Å². The molecule has 0 aromatic carbocycles. The number of rotatable bonds is 8. The number of nitrogens with zero attached hydrogens (tertiary/aromatic N) is 5. The number of carboxylic acids is 1. The monoisotopic (exact) mass is 510 g/mol. The van der Waals surface area contributed by atoms with Gasteiger partial charge in [-0.05, 0) is 27.4 Å². The highest BCUT2D eigenvalue weighted by Crippen LogP contribution is 2.41. The van der Waals surface area contributed by atoms with Crippen LogP contribution in [0.5, 0.6) is 0 Å². The van der Waals surface area contributed by atoms with Crippen LogP contribution in [0.2, 0.25) is 0 Å². The second-order valence-electron chi connectivity index (χ2n) is 6.98. The number of urea groups is 1. The molecule has 5 N–H and O–H groups in total. The van der Waals surface area contributed by atoms with Gasteiger partial charge in [-0.1, -0.05) is 17.8 Å². The third-order valence-electron chi connectivity index (χ3n) is 4.88. The number of hydrogen-bond donors (Lipinski definition) is 4. The van der Waals surface area contributed by atoms with Crippen LogP contribution < -0.4 is 16.4 Å². The van der Waals surface area contributed by atoms with Crippen molar-refractivity contribution in [2.24, 2.45) is 12.8 Å². The van der Waals surface area contributed by atoms with Crippen molar-refractivity contribution in [2.75, 3.05) is 11.5 Å². The SMILES string of the molecule is Cn1nnnc1SCC1=C(C(=O)O)N2C(=O)[C@H](NC(=O)C(NC(N)=O)c3cccs3)C2SC1. The fourth-order valence-corrected chi connectivity index (χ4v) is 6.50. The summed E-state index contributed by atoms with van der Waals surface area (Å²) in [5.74, 6) is -1.72. The number of carbonyl (C=O) groups is 4. The molecule has 13 nitrogen and oxygen atoms in total. The molecule has 4 rings (SSSR count). The van der Waals surface area contributed by atoms with E-state index in [1.807, 2.05) is 0 Å². The first-order valence-electron chi connectivity index (χ1n) is 9.42. The molecule has 33 heavy (non-hydrogen) atoms. The van der Waals surface area contributed by atoms with Crippen LogP contribution in [0.15, 0.2) is 33.9 Å². The number of fused-ring (bicyclic) bond motifs is 1. The summed E-state index contributed by atoms with van der Waals surface area (Å²) in [5, 5.41) is 27.6. The molecule has 4 heterocycles. The van der Waals surface area contributed by atoms with Crippen LogP contribution in [0.3, 0.4) is 0 Å². The van der Waals surface area contributed by atoms with E-state index < -0.39 is 41.3 Å². The number of carboxylic acid groups (broad SMARTS) is 1. The molecule has 0 bridgehead atoms. The summed E-state index contributed by atoms with van der Waals surface area (Å²) in [6, 6.07) is 0.521. The lowest BCUT2D eigenvalue weighted by atomic mass is 10.0. The average Bonchev–Trinajstić information content (AvgIpc) is 3.45. The van der Waals surface area contributed by atoms with Gasteiger partial charge in [0.15, 0.2) is 0 Å². The Kier molecular flexibility index (Phi) is 6.57. The minimum absolute atomic E-state index is 0.0954. The van der Waals surface area contributed by atoms with Gasteiger partial charge in [-0.3, -0.25) is 14.5 Å². The number of aromatic nitrogens is 4. The Balaban J connectivity index is 1.48. The highest BCUT2D eigenvalue weighted by molar-refractivity contribution is 8.01. The van der Waals surface area contributed by atoms with E-state index in [-0.39, 0.29) is 5.70 Å². The molecule has 1 fully saturated rings. The van der Waals surface area contributed by atoms with Crippen LogP contribution >= 0.6 is 34.9 Å². The number of amides is 4. The second-order valence-corrected chi connectivity index (χ2v) is 10.0. The highest BCUT2D eigenvalue weighted by atomic mass is 32.2. The minimum atomic E-state index is -1.23. The van der Waals surface area contributed by atoms with E-state index in [0.717, 1.165) is 0 Å². The van der Waals surface area contributed by atoms with Crippen LogP contribution in [-0.2, 0) is 21.4 Å². The van der Waals surface area contributed by atoms with Crippen LogP contribution in [-0.4, -0.2) is 76.9 Å². The van der Waals surface area contributed by atoms with Gasteiger partial charge in [-0.15, -0.1) is 28.2 Å². The zero-order chi connectivity index (χ0) is 23.7. The summed E-state index contributed by atoms with van der Waals surface area (Å²) in [5.41, 5.74) is 5.66. The minimum Gasteiger partial charge on any atom is -0.477 e. The number of thiophene rings is 1. The Morgan fingerprint density at radius 2 is 2.21 bits per heavy atom. The van der Waals surface area contributed by atoms with Gasteiger partial charge >= 0.3 is 12.0 Å². The van der Waals surface area contributed by atoms with Gasteiger partial charge < -0.3 is 21.5 Å². The summed E-state index contributed by atoms with van der Waals surface area (Å²) in [6.45, 7) is 0. The smallest absolute Gasteiger partial charge is 0.352 e. The van der Waals surface area contributed by atoms with Crippen LogP contribution in [0.4, 0.5) is 4.79 Å². The van der Waals surface area contributed by atoms with Gasteiger partial charge in [0.05, 0.1) is 0 Å². The van der Waals surface area contributed by atoms with Crippen molar-refractivity contribution in [3.8, 4) is 0 Å². The fraction of sp³-hybridized carbons (Fsp3) is 0.353. The first-order valence-corrected chi connectivity index (χ1v) is 12.3. The predicted molar refractivity (Wildman–Crippen MR) is 119 cm³/mol. The van der Waals surface area contributed by atoms with E-state index in [2.05, 4.69) is 26.2 Å². The summed E-state index contributed by atoms with van der Waals surface area (Å²) in [6.07, 6.45) is 0. The van der Waals surface area contributed by atoms with Gasteiger partial charge in [0.25, 0.3) is 5.91 Å². The van der Waals surface area contributed by atoms with Crippen molar-refractivity contribution in [1.29, 1.82) is 0 Å². The van der Waals surface area contributed by atoms with Crippen molar-refractivity contribution < 1.29 is 24.3 Å². The predicted octanol–water partition coefficient (Wildman–Crippen LogP) is -0.488. The summed E-state index contributed by atoms with van der Waals surface area (Å²) in [4.78, 5) is 50.8. The zero-order valence-corrected chi connectivity index (χ0v) is 19.4. The third-order valence-corrected chi connectivity index (χ3v) is 8.25. The molecule has 174 valence electrons. The molecular weight excluding hydrogens is 492 g/mol. The normalized spacial score (nSPS) is 20.6. The first-order chi connectivity index (χ1) is 15.8.